The van der Waals surface area contributed by atoms with E-state index in [0.717, 1.165) is 11.1 Å². The molecule has 0 amide bonds. The van der Waals surface area contributed by atoms with Crippen LogP contribution < -0.4 is 10.6 Å². The van der Waals surface area contributed by atoms with Gasteiger partial charge in [0.15, 0.2) is 5.11 Å². The van der Waals surface area contributed by atoms with Crippen molar-refractivity contribution in [2.24, 2.45) is 0 Å². The quantitative estimate of drug-likeness (QED) is 0.474. The van der Waals surface area contributed by atoms with E-state index in [2.05, 4.69) is 10.6 Å². The molecule has 0 aliphatic rings. The maximum atomic E-state index is 12.9. The molecule has 0 spiro atoms. The molecular formula is C17H14F6N2S. The Hall–Kier alpha value is -2.29. The minimum absolute atomic E-state index is 0.0619. The van der Waals surface area contributed by atoms with Crippen molar-refractivity contribution < 1.29 is 26.3 Å². The van der Waals surface area contributed by atoms with E-state index in [0.29, 0.717) is 17.8 Å². The van der Waals surface area contributed by atoms with Crippen LogP contribution in [0.4, 0.5) is 37.7 Å². The van der Waals surface area contributed by atoms with Crippen LogP contribution in [0, 0.1) is 13.8 Å². The van der Waals surface area contributed by atoms with E-state index in [1.165, 1.54) is 0 Å². The number of hydrogen-bond acceptors (Lipinski definition) is 1. The molecule has 0 unspecified atom stereocenters. The molecule has 0 aliphatic carbocycles. The van der Waals surface area contributed by atoms with Gasteiger partial charge in [0.1, 0.15) is 0 Å². The van der Waals surface area contributed by atoms with Crippen LogP contribution in [-0.4, -0.2) is 5.11 Å². The van der Waals surface area contributed by atoms with Crippen molar-refractivity contribution in [2.45, 2.75) is 26.2 Å². The lowest BCUT2D eigenvalue weighted by Crippen LogP contribution is -2.21. The summed E-state index contributed by atoms with van der Waals surface area (Å²) in [6.45, 7) is 3.67. The Morgan fingerprint density at radius 1 is 0.846 bits per heavy atom. The van der Waals surface area contributed by atoms with Gasteiger partial charge in [-0.1, -0.05) is 12.1 Å². The molecule has 0 saturated carbocycles. The summed E-state index contributed by atoms with van der Waals surface area (Å²) in [5.74, 6) is 0. The number of thiocarbonyl (C=S) groups is 1. The third kappa shape index (κ3) is 4.87. The minimum atomic E-state index is -4.92. The molecule has 2 aromatic carbocycles. The second kappa shape index (κ2) is 7.14. The molecule has 2 nitrogen and oxygen atoms in total. The van der Waals surface area contributed by atoms with Gasteiger partial charge in [-0.15, -0.1) is 0 Å². The van der Waals surface area contributed by atoms with E-state index in [4.69, 9.17) is 12.2 Å². The van der Waals surface area contributed by atoms with Crippen molar-refractivity contribution in [2.75, 3.05) is 10.6 Å². The average molecular weight is 392 g/mol. The molecule has 26 heavy (non-hydrogen) atoms. The van der Waals surface area contributed by atoms with E-state index in [-0.39, 0.29) is 11.2 Å². The molecule has 2 rings (SSSR count). The summed E-state index contributed by atoms with van der Waals surface area (Å²) in [5, 5.41) is 5.04. The van der Waals surface area contributed by atoms with Crippen LogP contribution in [0.5, 0.6) is 0 Å². The Kier molecular flexibility index (Phi) is 5.50. The third-order valence-electron chi connectivity index (χ3n) is 3.70. The van der Waals surface area contributed by atoms with E-state index >= 15 is 0 Å². The first-order valence-electron chi connectivity index (χ1n) is 7.31. The van der Waals surface area contributed by atoms with Gasteiger partial charge in [-0.2, -0.15) is 26.3 Å². The zero-order valence-corrected chi connectivity index (χ0v) is 14.5. The Labute approximate surface area is 151 Å². The molecule has 140 valence electrons. The first-order valence-corrected chi connectivity index (χ1v) is 7.72. The number of nitrogens with one attached hydrogen (secondary N) is 2. The van der Waals surface area contributed by atoms with E-state index in [1.54, 1.807) is 12.1 Å². The summed E-state index contributed by atoms with van der Waals surface area (Å²) < 4.78 is 77.2. The molecular weight excluding hydrogens is 378 g/mol. The second-order valence-electron chi connectivity index (χ2n) is 5.62. The SMILES string of the molecule is Cc1cccc(NC(=S)Nc2cc(C(F)(F)F)cc(C(F)(F)F)c2)c1C. The topological polar surface area (TPSA) is 24.1 Å². The maximum absolute atomic E-state index is 12.9. The van der Waals surface area contributed by atoms with Gasteiger partial charge in [0.05, 0.1) is 11.1 Å². The highest BCUT2D eigenvalue weighted by Gasteiger charge is 2.37. The minimum Gasteiger partial charge on any atom is -0.332 e. The lowest BCUT2D eigenvalue weighted by molar-refractivity contribution is -0.143. The molecule has 0 saturated heterocycles. The highest BCUT2D eigenvalue weighted by Crippen LogP contribution is 2.37. The fraction of sp³-hybridized carbons (Fsp3) is 0.235. The molecule has 2 aromatic rings. The lowest BCUT2D eigenvalue weighted by Gasteiger charge is -2.17. The van der Waals surface area contributed by atoms with Crippen LogP contribution in [0.3, 0.4) is 0 Å². The molecule has 9 heteroatoms. The molecule has 0 fully saturated rings. The zero-order chi connectivity index (χ0) is 19.7. The number of rotatable bonds is 2. The van der Waals surface area contributed by atoms with E-state index in [9.17, 15) is 26.3 Å². The van der Waals surface area contributed by atoms with Crippen LogP contribution in [0.25, 0.3) is 0 Å². The molecule has 0 atom stereocenters. The molecule has 0 bridgehead atoms. The smallest absolute Gasteiger partial charge is 0.332 e. The normalized spacial score (nSPS) is 12.0. The standard InChI is InChI=1S/C17H14F6N2S/c1-9-4-3-5-14(10(9)2)25-15(26)24-13-7-11(16(18,19)20)6-12(8-13)17(21,22)23/h3-8H,1-2H3,(H2,24,25,26). The molecule has 0 aromatic heterocycles. The van der Waals surface area contributed by atoms with Gasteiger partial charge in [0, 0.05) is 11.4 Å². The van der Waals surface area contributed by atoms with E-state index in [1.807, 2.05) is 19.9 Å². The summed E-state index contributed by atoms with van der Waals surface area (Å²) in [6, 6.07) is 6.52. The highest BCUT2D eigenvalue weighted by atomic mass is 32.1. The highest BCUT2D eigenvalue weighted by molar-refractivity contribution is 7.80. The fourth-order valence-corrected chi connectivity index (χ4v) is 2.43. The van der Waals surface area contributed by atoms with Gasteiger partial charge in [-0.3, -0.25) is 0 Å². The fourth-order valence-electron chi connectivity index (χ4n) is 2.20. The van der Waals surface area contributed by atoms with Gasteiger partial charge in [0.2, 0.25) is 0 Å². The van der Waals surface area contributed by atoms with Crippen molar-refractivity contribution >= 4 is 28.7 Å². The van der Waals surface area contributed by atoms with E-state index < -0.39 is 29.2 Å². The number of aryl methyl sites for hydroxylation is 1. The van der Waals surface area contributed by atoms with Crippen LogP contribution in [-0.2, 0) is 12.4 Å². The lowest BCUT2D eigenvalue weighted by atomic mass is 10.1. The summed E-state index contributed by atoms with van der Waals surface area (Å²) >= 11 is 5.01. The monoisotopic (exact) mass is 392 g/mol. The van der Waals surface area contributed by atoms with Gasteiger partial charge >= 0.3 is 12.4 Å². The third-order valence-corrected chi connectivity index (χ3v) is 3.90. The summed E-state index contributed by atoms with van der Waals surface area (Å²) in [4.78, 5) is 0. The molecule has 0 radical (unpaired) electrons. The van der Waals surface area contributed by atoms with Gasteiger partial charge in [-0.05, 0) is 61.5 Å². The largest absolute Gasteiger partial charge is 0.416 e. The van der Waals surface area contributed by atoms with Gasteiger partial charge in [-0.25, -0.2) is 0 Å². The molecule has 2 N–H and O–H groups in total. The van der Waals surface area contributed by atoms with Crippen molar-refractivity contribution in [3.8, 4) is 0 Å². The molecule has 0 aliphatic heterocycles. The number of alkyl halides is 6. The van der Waals surface area contributed by atoms with Crippen LogP contribution >= 0.6 is 12.2 Å². The maximum Gasteiger partial charge on any atom is 0.416 e. The summed E-state index contributed by atoms with van der Waals surface area (Å²) in [6.07, 6.45) is -9.83. The van der Waals surface area contributed by atoms with Crippen molar-refractivity contribution in [1.82, 2.24) is 0 Å². The summed E-state index contributed by atoms with van der Waals surface area (Å²) in [5.41, 5.74) is -0.818. The first kappa shape index (κ1) is 20.0. The first-order chi connectivity index (χ1) is 11.9. The predicted molar refractivity (Wildman–Crippen MR) is 92.2 cm³/mol. The zero-order valence-electron chi connectivity index (χ0n) is 13.6. The Morgan fingerprint density at radius 3 is 1.88 bits per heavy atom. The van der Waals surface area contributed by atoms with Crippen LogP contribution in [0.15, 0.2) is 36.4 Å². The van der Waals surface area contributed by atoms with Gasteiger partial charge in [0.25, 0.3) is 0 Å². The summed E-state index contributed by atoms with van der Waals surface area (Å²) in [7, 11) is 0. The molecule has 0 heterocycles. The number of benzene rings is 2. The Morgan fingerprint density at radius 2 is 1.38 bits per heavy atom. The number of hydrogen-bond donors (Lipinski definition) is 2. The number of halogens is 6. The van der Waals surface area contributed by atoms with Crippen LogP contribution in [0.1, 0.15) is 22.3 Å². The number of anilines is 2. The van der Waals surface area contributed by atoms with Gasteiger partial charge < -0.3 is 10.6 Å². The Balaban J connectivity index is 2.30. The average Bonchev–Trinajstić information content (AvgIpc) is 2.50. The second-order valence-corrected chi connectivity index (χ2v) is 6.03. The Bertz CT molecular complexity index is 795. The van der Waals surface area contributed by atoms with Crippen molar-refractivity contribution in [1.29, 1.82) is 0 Å². The van der Waals surface area contributed by atoms with Crippen molar-refractivity contribution in [3.63, 3.8) is 0 Å². The van der Waals surface area contributed by atoms with Crippen molar-refractivity contribution in [3.05, 3.63) is 58.7 Å². The van der Waals surface area contributed by atoms with Crippen LogP contribution in [0.2, 0.25) is 0 Å². The predicted octanol–water partition coefficient (Wildman–Crippen LogP) is 6.15.